The molecule has 0 spiro atoms. The number of benzene rings is 3. The Morgan fingerprint density at radius 2 is 1.66 bits per heavy atom. The molecule has 32 heavy (non-hydrogen) atoms. The second kappa shape index (κ2) is 9.30. The minimum absolute atomic E-state index is 0.110. The number of hydrogen-bond acceptors (Lipinski definition) is 4. The first-order chi connectivity index (χ1) is 15.3. The van der Waals surface area contributed by atoms with Gasteiger partial charge in [0.05, 0.1) is 10.6 Å². The lowest BCUT2D eigenvalue weighted by atomic mass is 10.0. The van der Waals surface area contributed by atoms with Gasteiger partial charge in [-0.3, -0.25) is 9.10 Å². The molecule has 5 nitrogen and oxygen atoms in total. The summed E-state index contributed by atoms with van der Waals surface area (Å²) in [6, 6.07) is 19.3. The molecule has 0 bridgehead atoms. The Morgan fingerprint density at radius 3 is 2.34 bits per heavy atom. The van der Waals surface area contributed by atoms with Gasteiger partial charge in [-0.2, -0.15) is 8.78 Å². The van der Waals surface area contributed by atoms with E-state index in [1.165, 1.54) is 52.8 Å². The molecule has 1 aliphatic rings. The van der Waals surface area contributed by atoms with E-state index in [-0.39, 0.29) is 10.5 Å². The number of carbonyl (C=O) groups excluding carboxylic acids is 1. The van der Waals surface area contributed by atoms with Crippen LogP contribution in [0.2, 0.25) is 0 Å². The lowest BCUT2D eigenvalue weighted by Crippen LogP contribution is -2.35. The number of amides is 1. The molecule has 1 aliphatic heterocycles. The number of anilines is 2. The van der Waals surface area contributed by atoms with Gasteiger partial charge >= 0.3 is 0 Å². The zero-order chi connectivity index (χ0) is 22.7. The van der Waals surface area contributed by atoms with E-state index >= 15 is 0 Å². The standard InChI is InChI=1S/C23H20F2N2O3S2/c24-23(25)31-19-11-9-18(10-12-19)26-22(28)17-7-13-20(14-8-17)32(29,30)27-15-3-5-16-4-1-2-6-21(16)27/h1-2,4,6-14,23H,3,5,15H2,(H,26,28). The molecule has 9 heteroatoms. The van der Waals surface area contributed by atoms with Crippen LogP contribution in [0, 0.1) is 0 Å². The lowest BCUT2D eigenvalue weighted by molar-refractivity contribution is 0.102. The summed E-state index contributed by atoms with van der Waals surface area (Å²) in [5.41, 5.74) is 2.43. The topological polar surface area (TPSA) is 66.5 Å². The Labute approximate surface area is 189 Å². The Kier molecular flexibility index (Phi) is 6.48. The van der Waals surface area contributed by atoms with Crippen LogP contribution in [-0.4, -0.2) is 26.6 Å². The van der Waals surface area contributed by atoms with E-state index in [2.05, 4.69) is 5.32 Å². The molecule has 166 valence electrons. The number of sulfonamides is 1. The van der Waals surface area contributed by atoms with Crippen molar-refractivity contribution in [2.45, 2.75) is 28.4 Å². The van der Waals surface area contributed by atoms with Gasteiger partial charge in [0.2, 0.25) is 0 Å². The van der Waals surface area contributed by atoms with E-state index in [4.69, 9.17) is 0 Å². The average Bonchev–Trinajstić information content (AvgIpc) is 2.79. The number of carbonyl (C=O) groups is 1. The fourth-order valence-corrected chi connectivity index (χ4v) is 5.62. The second-order valence-corrected chi connectivity index (χ2v) is 10.1. The smallest absolute Gasteiger partial charge is 0.288 e. The van der Waals surface area contributed by atoms with Gasteiger partial charge in [-0.1, -0.05) is 30.0 Å². The fourth-order valence-electron chi connectivity index (χ4n) is 3.58. The molecule has 0 atom stereocenters. The molecule has 0 aliphatic carbocycles. The monoisotopic (exact) mass is 474 g/mol. The molecular weight excluding hydrogens is 454 g/mol. The highest BCUT2D eigenvalue weighted by Crippen LogP contribution is 2.32. The Bertz CT molecular complexity index is 1210. The summed E-state index contributed by atoms with van der Waals surface area (Å²) in [7, 11) is -3.75. The largest absolute Gasteiger partial charge is 0.322 e. The van der Waals surface area contributed by atoms with Crippen molar-refractivity contribution in [3.05, 3.63) is 83.9 Å². The molecule has 1 amide bonds. The maximum Gasteiger partial charge on any atom is 0.288 e. The summed E-state index contributed by atoms with van der Waals surface area (Å²) in [4.78, 5) is 13.0. The predicted octanol–water partition coefficient (Wildman–Crippen LogP) is 5.40. The third kappa shape index (κ3) is 4.78. The average molecular weight is 475 g/mol. The Balaban J connectivity index is 1.49. The van der Waals surface area contributed by atoms with E-state index in [1.807, 2.05) is 18.2 Å². The van der Waals surface area contributed by atoms with Gasteiger partial charge in [-0.15, -0.1) is 0 Å². The van der Waals surface area contributed by atoms with Gasteiger partial charge in [0.1, 0.15) is 0 Å². The van der Waals surface area contributed by atoms with Gasteiger partial charge in [0, 0.05) is 22.7 Å². The molecule has 0 aromatic heterocycles. The SMILES string of the molecule is O=C(Nc1ccc(SC(F)F)cc1)c1ccc(S(=O)(=O)N2CCCc3ccccc32)cc1. The number of fused-ring (bicyclic) bond motifs is 1. The number of hydrogen-bond donors (Lipinski definition) is 1. The first-order valence-corrected chi connectivity index (χ1v) is 12.2. The molecule has 0 unspecified atom stereocenters. The van der Waals surface area contributed by atoms with Crippen molar-refractivity contribution in [1.82, 2.24) is 0 Å². The highest BCUT2D eigenvalue weighted by molar-refractivity contribution is 7.99. The third-order valence-corrected chi connectivity index (χ3v) is 7.66. The fraction of sp³-hybridized carbons (Fsp3) is 0.174. The first-order valence-electron chi connectivity index (χ1n) is 9.91. The minimum atomic E-state index is -3.75. The molecule has 0 saturated heterocycles. The van der Waals surface area contributed by atoms with Crippen molar-refractivity contribution in [2.75, 3.05) is 16.2 Å². The molecule has 1 N–H and O–H groups in total. The summed E-state index contributed by atoms with van der Waals surface area (Å²) in [6.45, 7) is 0.404. The highest BCUT2D eigenvalue weighted by atomic mass is 32.2. The van der Waals surface area contributed by atoms with Gasteiger partial charge in [0.25, 0.3) is 21.7 Å². The van der Waals surface area contributed by atoms with Crippen LogP contribution in [0.4, 0.5) is 20.2 Å². The van der Waals surface area contributed by atoms with Crippen molar-refractivity contribution >= 4 is 39.1 Å². The number of alkyl halides is 2. The number of aryl methyl sites for hydroxylation is 1. The zero-order valence-corrected chi connectivity index (χ0v) is 18.5. The summed E-state index contributed by atoms with van der Waals surface area (Å²) >= 11 is 0.427. The number of nitrogens with zero attached hydrogens (tertiary/aromatic N) is 1. The van der Waals surface area contributed by atoms with Gasteiger partial charge in [-0.05, 0) is 73.0 Å². The van der Waals surface area contributed by atoms with Crippen molar-refractivity contribution < 1.29 is 22.0 Å². The third-order valence-electron chi connectivity index (χ3n) is 5.11. The van der Waals surface area contributed by atoms with Crippen LogP contribution in [-0.2, 0) is 16.4 Å². The second-order valence-electron chi connectivity index (χ2n) is 7.19. The molecule has 0 radical (unpaired) electrons. The molecule has 3 aromatic carbocycles. The van der Waals surface area contributed by atoms with Crippen LogP contribution >= 0.6 is 11.8 Å². The van der Waals surface area contributed by atoms with Crippen LogP contribution in [0.1, 0.15) is 22.3 Å². The maximum absolute atomic E-state index is 13.2. The molecule has 0 fully saturated rings. The molecule has 4 rings (SSSR count). The molecule has 3 aromatic rings. The van der Waals surface area contributed by atoms with Crippen LogP contribution < -0.4 is 9.62 Å². The van der Waals surface area contributed by atoms with Crippen LogP contribution in [0.3, 0.4) is 0 Å². The molecule has 0 saturated carbocycles. The quantitative estimate of drug-likeness (QED) is 0.486. The predicted molar refractivity (Wildman–Crippen MR) is 122 cm³/mol. The van der Waals surface area contributed by atoms with E-state index in [0.29, 0.717) is 34.6 Å². The Hall–Kier alpha value is -2.91. The Morgan fingerprint density at radius 1 is 0.969 bits per heavy atom. The lowest BCUT2D eigenvalue weighted by Gasteiger charge is -2.30. The molecule has 1 heterocycles. The zero-order valence-electron chi connectivity index (χ0n) is 16.9. The number of rotatable bonds is 6. The van der Waals surface area contributed by atoms with Crippen LogP contribution in [0.15, 0.2) is 82.6 Å². The van der Waals surface area contributed by atoms with Crippen molar-refractivity contribution in [2.24, 2.45) is 0 Å². The van der Waals surface area contributed by atoms with Gasteiger partial charge in [-0.25, -0.2) is 8.42 Å². The van der Waals surface area contributed by atoms with E-state index < -0.39 is 21.7 Å². The van der Waals surface area contributed by atoms with E-state index in [0.717, 1.165) is 18.4 Å². The molecular formula is C23H20F2N2O3S2. The van der Waals surface area contributed by atoms with Crippen molar-refractivity contribution in [1.29, 1.82) is 0 Å². The number of halogens is 2. The normalized spacial score (nSPS) is 13.7. The minimum Gasteiger partial charge on any atom is -0.322 e. The summed E-state index contributed by atoms with van der Waals surface area (Å²) in [6.07, 6.45) is 1.58. The van der Waals surface area contributed by atoms with E-state index in [9.17, 15) is 22.0 Å². The highest BCUT2D eigenvalue weighted by Gasteiger charge is 2.28. The number of thioether (sulfide) groups is 1. The maximum atomic E-state index is 13.2. The van der Waals surface area contributed by atoms with Crippen molar-refractivity contribution in [3.8, 4) is 0 Å². The van der Waals surface area contributed by atoms with Crippen molar-refractivity contribution in [3.63, 3.8) is 0 Å². The van der Waals surface area contributed by atoms with Crippen LogP contribution in [0.5, 0.6) is 0 Å². The number of para-hydroxylation sites is 1. The summed E-state index contributed by atoms with van der Waals surface area (Å²) in [5.74, 6) is -2.94. The first kappa shape index (κ1) is 22.3. The number of nitrogens with one attached hydrogen (secondary N) is 1. The van der Waals surface area contributed by atoms with Crippen LogP contribution in [0.25, 0.3) is 0 Å². The van der Waals surface area contributed by atoms with Gasteiger partial charge < -0.3 is 5.32 Å². The summed E-state index contributed by atoms with van der Waals surface area (Å²) < 4.78 is 52.6. The van der Waals surface area contributed by atoms with E-state index in [1.54, 1.807) is 6.07 Å². The van der Waals surface area contributed by atoms with Gasteiger partial charge in [0.15, 0.2) is 0 Å². The summed E-state index contributed by atoms with van der Waals surface area (Å²) in [5, 5.41) is 2.68.